The first-order chi connectivity index (χ1) is 12.7. The van der Waals surface area contributed by atoms with Gasteiger partial charge in [0.2, 0.25) is 0 Å². The number of piperazine rings is 1. The molecule has 0 unspecified atom stereocenters. The Morgan fingerprint density at radius 3 is 2.07 bits per heavy atom. The fraction of sp³-hybridized carbons (Fsp3) is 0.381. The number of hydrogen-bond acceptors (Lipinski definition) is 4. The number of carbonyl (C=O) groups is 1. The molecule has 0 bridgehead atoms. The van der Waals surface area contributed by atoms with Crippen molar-refractivity contribution in [1.29, 1.82) is 0 Å². The van der Waals surface area contributed by atoms with Gasteiger partial charge in [0.15, 0.2) is 0 Å². The first-order valence-electron chi connectivity index (χ1n) is 9.39. The number of anilines is 2. The second kappa shape index (κ2) is 9.89. The largest absolute Gasteiger partial charge is 0.506 e. The molecule has 2 aromatic rings. The van der Waals surface area contributed by atoms with E-state index in [0.29, 0.717) is 18.8 Å². The molecule has 4 rings (SSSR count). The molecule has 0 aromatic heterocycles. The van der Waals surface area contributed by atoms with Crippen LogP contribution in [0.3, 0.4) is 0 Å². The quantitative estimate of drug-likeness (QED) is 0.815. The lowest BCUT2D eigenvalue weighted by Gasteiger charge is -2.36. The number of phenolic OH excluding ortho intramolecular Hbond substituents is 1. The van der Waals surface area contributed by atoms with Gasteiger partial charge in [-0.15, -0.1) is 24.8 Å². The topological polar surface area (TPSA) is 47.0 Å². The van der Waals surface area contributed by atoms with Crippen molar-refractivity contribution in [2.24, 2.45) is 0 Å². The third-order valence-electron chi connectivity index (χ3n) is 5.36. The number of rotatable bonds is 3. The summed E-state index contributed by atoms with van der Waals surface area (Å²) < 4.78 is 0. The fourth-order valence-electron chi connectivity index (χ4n) is 3.85. The number of carbonyl (C=O) groups excluding carboxylic acids is 1. The van der Waals surface area contributed by atoms with Crippen molar-refractivity contribution in [2.75, 3.05) is 49.1 Å². The van der Waals surface area contributed by atoms with Crippen LogP contribution in [0.1, 0.15) is 23.2 Å². The van der Waals surface area contributed by atoms with Crippen LogP contribution in [0.4, 0.5) is 11.4 Å². The second-order valence-electron chi connectivity index (χ2n) is 7.01. The van der Waals surface area contributed by atoms with Crippen LogP contribution in [0.15, 0.2) is 48.5 Å². The number of nitrogens with zero attached hydrogens (tertiary/aromatic N) is 3. The van der Waals surface area contributed by atoms with E-state index in [1.165, 1.54) is 18.5 Å². The Morgan fingerprint density at radius 1 is 0.786 bits per heavy atom. The van der Waals surface area contributed by atoms with Crippen molar-refractivity contribution in [2.45, 2.75) is 12.8 Å². The van der Waals surface area contributed by atoms with E-state index in [2.05, 4.69) is 15.9 Å². The van der Waals surface area contributed by atoms with Crippen LogP contribution in [0.2, 0.25) is 0 Å². The average Bonchev–Trinajstić information content (AvgIpc) is 3.23. The van der Waals surface area contributed by atoms with E-state index in [0.717, 1.165) is 37.4 Å². The predicted octanol–water partition coefficient (Wildman–Crippen LogP) is 3.80. The molecule has 0 aliphatic carbocycles. The molecule has 0 spiro atoms. The maximum atomic E-state index is 12.6. The summed E-state index contributed by atoms with van der Waals surface area (Å²) in [5, 5.41) is 10.3. The van der Waals surface area contributed by atoms with Crippen LogP contribution < -0.4 is 9.80 Å². The highest BCUT2D eigenvalue weighted by Gasteiger charge is 2.24. The number of benzene rings is 2. The van der Waals surface area contributed by atoms with E-state index in [4.69, 9.17) is 0 Å². The first kappa shape index (κ1) is 22.2. The highest BCUT2D eigenvalue weighted by Crippen LogP contribution is 2.33. The molecule has 1 amide bonds. The number of amides is 1. The molecule has 5 nitrogen and oxygen atoms in total. The molecule has 1 N–H and O–H groups in total. The zero-order valence-corrected chi connectivity index (χ0v) is 17.4. The normalized spacial score (nSPS) is 16.4. The molecule has 2 heterocycles. The lowest BCUT2D eigenvalue weighted by Crippen LogP contribution is -2.48. The van der Waals surface area contributed by atoms with Crippen molar-refractivity contribution in [3.8, 4) is 5.75 Å². The van der Waals surface area contributed by atoms with Gasteiger partial charge < -0.3 is 19.8 Å². The molecule has 0 atom stereocenters. The smallest absolute Gasteiger partial charge is 0.253 e. The number of hydrogen-bond donors (Lipinski definition) is 1. The summed E-state index contributed by atoms with van der Waals surface area (Å²) in [5.41, 5.74) is 2.79. The lowest BCUT2D eigenvalue weighted by molar-refractivity contribution is 0.0746. The van der Waals surface area contributed by atoms with Crippen molar-refractivity contribution in [3.05, 3.63) is 54.1 Å². The van der Waals surface area contributed by atoms with Gasteiger partial charge in [0.1, 0.15) is 5.75 Å². The minimum Gasteiger partial charge on any atom is -0.506 e. The Bertz CT molecular complexity index is 774. The maximum absolute atomic E-state index is 12.6. The summed E-state index contributed by atoms with van der Waals surface area (Å²) in [6.45, 7) is 4.97. The Hall–Kier alpha value is -2.11. The van der Waals surface area contributed by atoms with E-state index in [1.54, 1.807) is 6.07 Å². The summed E-state index contributed by atoms with van der Waals surface area (Å²) in [6, 6.07) is 15.3. The van der Waals surface area contributed by atoms with Crippen molar-refractivity contribution >= 4 is 42.1 Å². The van der Waals surface area contributed by atoms with Crippen LogP contribution in [-0.4, -0.2) is 55.2 Å². The van der Waals surface area contributed by atoms with Crippen LogP contribution in [-0.2, 0) is 0 Å². The minimum atomic E-state index is 0. The molecule has 0 saturated carbocycles. The van der Waals surface area contributed by atoms with Crippen molar-refractivity contribution in [1.82, 2.24) is 4.90 Å². The molecule has 2 fully saturated rings. The number of phenols is 1. The molecule has 28 heavy (non-hydrogen) atoms. The first-order valence-corrected chi connectivity index (χ1v) is 9.39. The summed E-state index contributed by atoms with van der Waals surface area (Å²) >= 11 is 0. The van der Waals surface area contributed by atoms with Gasteiger partial charge >= 0.3 is 0 Å². The molecule has 2 saturated heterocycles. The van der Waals surface area contributed by atoms with Crippen LogP contribution in [0.5, 0.6) is 5.75 Å². The second-order valence-corrected chi connectivity index (χ2v) is 7.01. The van der Waals surface area contributed by atoms with Gasteiger partial charge in [0.05, 0.1) is 5.69 Å². The van der Waals surface area contributed by atoms with E-state index in [1.807, 2.05) is 41.3 Å². The van der Waals surface area contributed by atoms with Gasteiger partial charge in [-0.25, -0.2) is 0 Å². The summed E-state index contributed by atoms with van der Waals surface area (Å²) in [5.74, 6) is 0.399. The summed E-state index contributed by atoms with van der Waals surface area (Å²) in [4.78, 5) is 19.0. The fourth-order valence-corrected chi connectivity index (χ4v) is 3.85. The molecule has 7 heteroatoms. The van der Waals surface area contributed by atoms with Crippen LogP contribution in [0, 0.1) is 0 Å². The molecule has 2 aliphatic heterocycles. The Labute approximate surface area is 178 Å². The van der Waals surface area contributed by atoms with Crippen LogP contribution >= 0.6 is 24.8 Å². The summed E-state index contributed by atoms with van der Waals surface area (Å²) in [7, 11) is 0. The van der Waals surface area contributed by atoms with Gasteiger partial charge in [-0.3, -0.25) is 4.79 Å². The monoisotopic (exact) mass is 423 g/mol. The highest BCUT2D eigenvalue weighted by atomic mass is 35.5. The maximum Gasteiger partial charge on any atom is 0.253 e. The molecule has 2 aromatic carbocycles. The number of halogens is 2. The molecule has 0 radical (unpaired) electrons. The van der Waals surface area contributed by atoms with Crippen molar-refractivity contribution in [3.63, 3.8) is 0 Å². The van der Waals surface area contributed by atoms with Crippen LogP contribution in [0.25, 0.3) is 0 Å². The van der Waals surface area contributed by atoms with Crippen molar-refractivity contribution < 1.29 is 9.90 Å². The third-order valence-corrected chi connectivity index (χ3v) is 5.36. The standard InChI is InChI=1S/C21H25N3O2.2ClH/c25-20-9-8-18(22-10-4-5-11-22)16-19(20)23-12-14-24(15-13-23)21(26)17-6-2-1-3-7-17;;/h1-3,6-9,16,25H,4-5,10-15H2;2*1H. The van der Waals surface area contributed by atoms with E-state index in [9.17, 15) is 9.90 Å². The van der Waals surface area contributed by atoms with E-state index < -0.39 is 0 Å². The van der Waals surface area contributed by atoms with Gasteiger partial charge in [0.25, 0.3) is 5.91 Å². The summed E-state index contributed by atoms with van der Waals surface area (Å²) in [6.07, 6.45) is 2.47. The Kier molecular flexibility index (Phi) is 7.84. The zero-order chi connectivity index (χ0) is 17.9. The predicted molar refractivity (Wildman–Crippen MR) is 119 cm³/mol. The van der Waals surface area contributed by atoms with Gasteiger partial charge in [-0.2, -0.15) is 0 Å². The average molecular weight is 424 g/mol. The Balaban J connectivity index is 0.00000140. The van der Waals surface area contributed by atoms with Gasteiger partial charge in [-0.05, 0) is 43.2 Å². The van der Waals surface area contributed by atoms with E-state index in [-0.39, 0.29) is 30.7 Å². The molecular weight excluding hydrogens is 397 g/mol. The third kappa shape index (κ3) is 4.65. The van der Waals surface area contributed by atoms with E-state index >= 15 is 0 Å². The molecule has 2 aliphatic rings. The lowest BCUT2D eigenvalue weighted by atomic mass is 10.1. The highest BCUT2D eigenvalue weighted by molar-refractivity contribution is 5.94. The van der Waals surface area contributed by atoms with Gasteiger partial charge in [0, 0.05) is 50.5 Å². The van der Waals surface area contributed by atoms with Gasteiger partial charge in [-0.1, -0.05) is 18.2 Å². The minimum absolute atomic E-state index is 0. The molecule has 152 valence electrons. The SMILES string of the molecule is Cl.Cl.O=C(c1ccccc1)N1CCN(c2cc(N3CCCC3)ccc2O)CC1. The number of aromatic hydroxyl groups is 1. The Morgan fingerprint density at radius 2 is 1.43 bits per heavy atom. The molecular formula is C21H27Cl2N3O2. The zero-order valence-electron chi connectivity index (χ0n) is 15.8.